The molecule has 1 fully saturated rings. The fourth-order valence-electron chi connectivity index (χ4n) is 4.59. The lowest BCUT2D eigenvalue weighted by Gasteiger charge is -2.28. The Hall–Kier alpha value is -4.69. The molecule has 1 aliphatic heterocycles. The van der Waals surface area contributed by atoms with Crippen LogP contribution in [0.5, 0.6) is 5.75 Å². The van der Waals surface area contributed by atoms with Crippen molar-refractivity contribution in [1.82, 2.24) is 20.4 Å². The van der Waals surface area contributed by atoms with E-state index in [4.69, 9.17) is 5.26 Å². The molecule has 2 N–H and O–H groups in total. The van der Waals surface area contributed by atoms with Crippen molar-refractivity contribution in [3.8, 4) is 34.3 Å². The van der Waals surface area contributed by atoms with E-state index in [1.165, 1.54) is 12.1 Å². The maximum atomic E-state index is 13.4. The molecule has 39 heavy (non-hydrogen) atoms. The molecule has 0 aliphatic carbocycles. The molecule has 1 saturated heterocycles. The van der Waals surface area contributed by atoms with Gasteiger partial charge in [-0.1, -0.05) is 36.4 Å². The molecular formula is C28H23F3N6O2. The third-order valence-corrected chi connectivity index (χ3v) is 6.51. The van der Waals surface area contributed by atoms with Crippen LogP contribution < -0.4 is 15.4 Å². The quantitative estimate of drug-likeness (QED) is 0.361. The Labute approximate surface area is 222 Å². The number of halogens is 3. The number of hydrogen-bond donors (Lipinski definition) is 2. The van der Waals surface area contributed by atoms with E-state index in [2.05, 4.69) is 31.6 Å². The number of alkyl halides is 3. The molecule has 0 saturated carbocycles. The first-order valence-corrected chi connectivity index (χ1v) is 12.2. The van der Waals surface area contributed by atoms with Crippen molar-refractivity contribution in [2.45, 2.75) is 13.3 Å². The number of piperazine rings is 1. The minimum absolute atomic E-state index is 0.0699. The summed E-state index contributed by atoms with van der Waals surface area (Å²) in [5.41, 5.74) is 2.63. The molecule has 1 aromatic heterocycles. The maximum Gasteiger partial charge on any atom is 0.573 e. The van der Waals surface area contributed by atoms with E-state index >= 15 is 0 Å². The van der Waals surface area contributed by atoms with Crippen molar-refractivity contribution in [3.63, 3.8) is 0 Å². The Bertz CT molecular complexity index is 1580. The van der Waals surface area contributed by atoms with Crippen molar-refractivity contribution in [2.24, 2.45) is 0 Å². The molecular weight excluding hydrogens is 509 g/mol. The van der Waals surface area contributed by atoms with E-state index in [9.17, 15) is 18.0 Å². The second-order valence-electron chi connectivity index (χ2n) is 8.96. The van der Waals surface area contributed by atoms with Crippen LogP contribution in [0.4, 0.5) is 23.7 Å². The molecule has 8 nitrogen and oxygen atoms in total. The first kappa shape index (κ1) is 25.9. The molecule has 1 aliphatic rings. The van der Waals surface area contributed by atoms with Gasteiger partial charge in [-0.3, -0.25) is 0 Å². The number of benzene rings is 3. The highest BCUT2D eigenvalue weighted by atomic mass is 19.4. The van der Waals surface area contributed by atoms with Crippen molar-refractivity contribution in [3.05, 3.63) is 71.8 Å². The lowest BCUT2D eigenvalue weighted by Crippen LogP contribution is -2.48. The van der Waals surface area contributed by atoms with Gasteiger partial charge in [-0.05, 0) is 36.8 Å². The Morgan fingerprint density at radius 2 is 1.64 bits per heavy atom. The number of rotatable bonds is 4. The summed E-state index contributed by atoms with van der Waals surface area (Å²) in [5, 5.41) is 25.1. The van der Waals surface area contributed by atoms with Gasteiger partial charge in [0.25, 0.3) is 0 Å². The summed E-state index contributed by atoms with van der Waals surface area (Å²) in [7, 11) is 0. The van der Waals surface area contributed by atoms with Crippen molar-refractivity contribution in [2.75, 3.05) is 31.5 Å². The number of anilines is 1. The van der Waals surface area contributed by atoms with Crippen LogP contribution in [0.3, 0.4) is 0 Å². The predicted molar refractivity (Wildman–Crippen MR) is 140 cm³/mol. The number of nitriles is 1. The lowest BCUT2D eigenvalue weighted by molar-refractivity contribution is -0.274. The number of nitrogens with zero attached hydrogens (tertiary/aromatic N) is 4. The van der Waals surface area contributed by atoms with Gasteiger partial charge in [-0.15, -0.1) is 23.4 Å². The van der Waals surface area contributed by atoms with Crippen LogP contribution in [0.25, 0.3) is 33.3 Å². The van der Waals surface area contributed by atoms with Crippen LogP contribution in [-0.4, -0.2) is 53.7 Å². The van der Waals surface area contributed by atoms with Crippen molar-refractivity contribution < 1.29 is 22.7 Å². The zero-order chi connectivity index (χ0) is 27.6. The Kier molecular flexibility index (Phi) is 7.04. The minimum Gasteiger partial charge on any atom is -0.405 e. The Morgan fingerprint density at radius 1 is 1.00 bits per heavy atom. The number of carbonyl (C=O) groups excluding carboxylic acids is 1. The van der Waals surface area contributed by atoms with Gasteiger partial charge in [0.15, 0.2) is 0 Å². The molecule has 0 atom stereocenters. The molecule has 0 radical (unpaired) electrons. The van der Waals surface area contributed by atoms with Crippen LogP contribution in [0, 0.1) is 18.3 Å². The second kappa shape index (κ2) is 10.6. The minimum atomic E-state index is -4.95. The summed E-state index contributed by atoms with van der Waals surface area (Å²) in [6.45, 7) is 3.95. The first-order valence-electron chi connectivity index (χ1n) is 12.2. The zero-order valence-corrected chi connectivity index (χ0v) is 20.8. The van der Waals surface area contributed by atoms with E-state index in [-0.39, 0.29) is 17.3 Å². The number of urea groups is 1. The van der Waals surface area contributed by atoms with Gasteiger partial charge in [-0.25, -0.2) is 4.79 Å². The molecule has 5 rings (SSSR count). The summed E-state index contributed by atoms with van der Waals surface area (Å²) < 4.78 is 44.7. The molecule has 2 heterocycles. The Balaban J connectivity index is 1.64. The summed E-state index contributed by atoms with van der Waals surface area (Å²) in [6, 6.07) is 18.2. The zero-order valence-electron chi connectivity index (χ0n) is 20.8. The number of aromatic nitrogens is 2. The maximum absolute atomic E-state index is 13.4. The van der Waals surface area contributed by atoms with Gasteiger partial charge in [0.05, 0.1) is 17.2 Å². The molecule has 0 bridgehead atoms. The SMILES string of the molecule is Cc1c(NC(=O)N2CCNCC2)ccc(OC(F)(F)F)c1-c1nnc(-c2ccc(C#N)cc2)c2ccccc12. The molecule has 198 valence electrons. The van der Waals surface area contributed by atoms with Gasteiger partial charge in [0.1, 0.15) is 17.1 Å². The number of carbonyl (C=O) groups is 1. The molecule has 11 heteroatoms. The van der Waals surface area contributed by atoms with Gasteiger partial charge in [0, 0.05) is 48.2 Å². The number of fused-ring (bicyclic) bond motifs is 1. The highest BCUT2D eigenvalue weighted by Crippen LogP contribution is 2.42. The lowest BCUT2D eigenvalue weighted by atomic mass is 9.96. The third kappa shape index (κ3) is 5.46. The standard InChI is InChI=1S/C28H23F3N6O2/c1-17-22(34-27(38)37-14-12-33-13-15-37)10-11-23(39-28(29,30)31)24(17)26-21-5-3-2-4-20(21)25(35-36-26)19-8-6-18(16-32)7-9-19/h2-11,33H,12-15H2,1H3,(H,34,38). The predicted octanol–water partition coefficient (Wildman–Crippen LogP) is 5.48. The first-order chi connectivity index (χ1) is 18.7. The highest BCUT2D eigenvalue weighted by molar-refractivity contribution is 6.04. The van der Waals surface area contributed by atoms with E-state index in [0.29, 0.717) is 65.0 Å². The van der Waals surface area contributed by atoms with Gasteiger partial charge < -0.3 is 20.3 Å². The van der Waals surface area contributed by atoms with Gasteiger partial charge >= 0.3 is 12.4 Å². The summed E-state index contributed by atoms with van der Waals surface area (Å²) in [5.74, 6) is -0.453. The third-order valence-electron chi connectivity index (χ3n) is 6.51. The van der Waals surface area contributed by atoms with Crippen LogP contribution in [0.1, 0.15) is 11.1 Å². The number of ether oxygens (including phenoxy) is 1. The van der Waals surface area contributed by atoms with E-state index in [0.717, 1.165) is 0 Å². The average Bonchev–Trinajstić information content (AvgIpc) is 2.94. The van der Waals surface area contributed by atoms with Gasteiger partial charge in [0.2, 0.25) is 0 Å². The van der Waals surface area contributed by atoms with Crippen LogP contribution in [0.2, 0.25) is 0 Å². The monoisotopic (exact) mass is 532 g/mol. The topological polar surface area (TPSA) is 103 Å². The smallest absolute Gasteiger partial charge is 0.405 e. The van der Waals surface area contributed by atoms with Crippen molar-refractivity contribution in [1.29, 1.82) is 5.26 Å². The number of amides is 2. The van der Waals surface area contributed by atoms with E-state index < -0.39 is 12.1 Å². The summed E-state index contributed by atoms with van der Waals surface area (Å²) in [4.78, 5) is 14.5. The largest absolute Gasteiger partial charge is 0.573 e. The summed E-state index contributed by atoms with van der Waals surface area (Å²) in [6.07, 6.45) is -4.95. The molecule has 3 aromatic carbocycles. The molecule has 0 spiro atoms. The molecule has 2 amide bonds. The Morgan fingerprint density at radius 3 is 2.28 bits per heavy atom. The summed E-state index contributed by atoms with van der Waals surface area (Å²) >= 11 is 0. The van der Waals surface area contributed by atoms with Crippen LogP contribution >= 0.6 is 0 Å². The fourth-order valence-corrected chi connectivity index (χ4v) is 4.59. The van der Waals surface area contributed by atoms with Gasteiger partial charge in [-0.2, -0.15) is 5.26 Å². The normalized spacial score (nSPS) is 13.7. The fraction of sp³-hybridized carbons (Fsp3) is 0.214. The number of nitrogens with one attached hydrogen (secondary N) is 2. The molecule has 4 aromatic rings. The van der Waals surface area contributed by atoms with Crippen LogP contribution in [-0.2, 0) is 0 Å². The van der Waals surface area contributed by atoms with Crippen LogP contribution in [0.15, 0.2) is 60.7 Å². The highest BCUT2D eigenvalue weighted by Gasteiger charge is 2.34. The van der Waals surface area contributed by atoms with E-state index in [1.807, 2.05) is 0 Å². The van der Waals surface area contributed by atoms with Crippen molar-refractivity contribution >= 4 is 22.5 Å². The van der Waals surface area contributed by atoms with E-state index in [1.54, 1.807) is 60.4 Å². The average molecular weight is 533 g/mol. The molecule has 0 unspecified atom stereocenters. The second-order valence-corrected chi connectivity index (χ2v) is 8.96. The number of hydrogen-bond acceptors (Lipinski definition) is 6.